The van der Waals surface area contributed by atoms with E-state index >= 15 is 0 Å². The van der Waals surface area contributed by atoms with E-state index in [0.717, 1.165) is 5.75 Å². The zero-order valence-electron chi connectivity index (χ0n) is 30.7. The third-order valence-electron chi connectivity index (χ3n) is 7.78. The second-order valence-electron chi connectivity index (χ2n) is 11.7. The number of aliphatic hydroxyl groups is 3. The van der Waals surface area contributed by atoms with Gasteiger partial charge in [0.2, 0.25) is 5.91 Å². The molecule has 0 radical (unpaired) electrons. The summed E-state index contributed by atoms with van der Waals surface area (Å²) in [4.78, 5) is 38.1. The molecule has 8 nitrogen and oxygen atoms in total. The second kappa shape index (κ2) is 28.4. The van der Waals surface area contributed by atoms with E-state index in [1.165, 1.54) is 43.9 Å². The number of nitrogens with two attached hydrogens (primary N) is 1. The van der Waals surface area contributed by atoms with E-state index < -0.39 is 30.1 Å². The Morgan fingerprint density at radius 2 is 1.51 bits per heavy atom. The molecule has 0 aliphatic heterocycles. The number of Topliss-reactive ketones (excluding diaryl/α,β-unsaturated/α-hetero) is 1. The van der Waals surface area contributed by atoms with Crippen molar-refractivity contribution < 1.29 is 29.7 Å². The summed E-state index contributed by atoms with van der Waals surface area (Å²) in [6.45, 7) is 16.4. The van der Waals surface area contributed by atoms with Crippen molar-refractivity contribution in [3.63, 3.8) is 0 Å². The van der Waals surface area contributed by atoms with Gasteiger partial charge in [-0.25, -0.2) is 0 Å². The molecule has 2 amide bonds. The first-order valence-electron chi connectivity index (χ1n) is 17.6. The molecule has 0 saturated carbocycles. The number of hydrogen-bond donors (Lipinski definition) is 5. The first-order valence-corrected chi connectivity index (χ1v) is 19.0. The summed E-state index contributed by atoms with van der Waals surface area (Å²) >= 11 is 1.65. The Bertz CT molecular complexity index is 1070. The van der Waals surface area contributed by atoms with Crippen LogP contribution in [0.2, 0.25) is 0 Å². The van der Waals surface area contributed by atoms with E-state index in [1.807, 2.05) is 33.1 Å². The maximum Gasteiger partial charge on any atom is 0.251 e. The Labute approximate surface area is 290 Å². The molecule has 1 aromatic carbocycles. The fourth-order valence-electron chi connectivity index (χ4n) is 4.29. The fourth-order valence-corrected chi connectivity index (χ4v) is 4.75. The Kier molecular flexibility index (Phi) is 28.1. The molecule has 9 heteroatoms. The van der Waals surface area contributed by atoms with E-state index in [2.05, 4.69) is 33.0 Å². The molecule has 0 fully saturated rings. The summed E-state index contributed by atoms with van der Waals surface area (Å²) in [6, 6.07) is 3.35. The number of nitrogens with one attached hydrogen (secondary N) is 1. The Balaban J connectivity index is 0. The lowest BCUT2D eigenvalue weighted by molar-refractivity contribution is -0.0112. The molecule has 5 atom stereocenters. The molecule has 1 aliphatic rings. The van der Waals surface area contributed by atoms with Crippen molar-refractivity contribution in [2.24, 2.45) is 17.6 Å². The van der Waals surface area contributed by atoms with Crippen LogP contribution in [0.15, 0.2) is 42.2 Å². The molecule has 0 heterocycles. The quantitative estimate of drug-likeness (QED) is 0.0870. The molecule has 5 unspecified atom stereocenters. The maximum atomic E-state index is 13.4. The minimum absolute atomic E-state index is 0.0433. The molecule has 2 rings (SSSR count). The van der Waals surface area contributed by atoms with Crippen LogP contribution >= 0.6 is 11.8 Å². The molecule has 1 aliphatic carbocycles. The number of unbranched alkanes of at least 4 members (excludes halogenated alkanes) is 2. The summed E-state index contributed by atoms with van der Waals surface area (Å²) in [5.74, 6) is -0.885. The lowest BCUT2D eigenvalue weighted by atomic mass is 9.89. The van der Waals surface area contributed by atoms with Gasteiger partial charge in [-0.05, 0) is 86.8 Å². The van der Waals surface area contributed by atoms with Gasteiger partial charge in [-0.15, -0.1) is 0 Å². The van der Waals surface area contributed by atoms with Gasteiger partial charge in [0.25, 0.3) is 5.91 Å². The minimum Gasteiger partial charge on any atom is -0.508 e. The third-order valence-corrected chi connectivity index (χ3v) is 8.48. The Morgan fingerprint density at radius 3 is 2.02 bits per heavy atom. The van der Waals surface area contributed by atoms with Crippen molar-refractivity contribution in [2.75, 3.05) is 12.0 Å². The molecule has 270 valence electrons. The zero-order valence-corrected chi connectivity index (χ0v) is 31.5. The van der Waals surface area contributed by atoms with Gasteiger partial charge in [0.1, 0.15) is 11.9 Å². The van der Waals surface area contributed by atoms with Crippen molar-refractivity contribution in [3.05, 3.63) is 58.9 Å². The van der Waals surface area contributed by atoms with Gasteiger partial charge in [-0.1, -0.05) is 87.1 Å². The van der Waals surface area contributed by atoms with Crippen molar-refractivity contribution in [1.82, 2.24) is 5.32 Å². The number of ketones is 1. The van der Waals surface area contributed by atoms with Crippen LogP contribution in [0.4, 0.5) is 0 Å². The van der Waals surface area contributed by atoms with Gasteiger partial charge in [0.05, 0.1) is 12.1 Å². The van der Waals surface area contributed by atoms with E-state index in [4.69, 9.17) is 5.73 Å². The number of allylic oxidation sites excluding steroid dienone is 3. The normalized spacial score (nSPS) is 16.1. The number of primary amides is 1. The van der Waals surface area contributed by atoms with E-state index in [-0.39, 0.29) is 40.1 Å². The van der Waals surface area contributed by atoms with Crippen LogP contribution in [0.3, 0.4) is 0 Å². The predicted molar refractivity (Wildman–Crippen MR) is 199 cm³/mol. The molecule has 6 N–H and O–H groups in total. The SMILES string of the molecule is CC.CCC(C)C(=O)c1cc(C(N)=O)cc(C(=O)NC(CC2C=CC(O)=CCC2)C(O)C(O)CCCSC)c1.CCCC.CCCC. The van der Waals surface area contributed by atoms with Crippen LogP contribution in [0.5, 0.6) is 0 Å². The van der Waals surface area contributed by atoms with Crippen LogP contribution < -0.4 is 11.1 Å². The smallest absolute Gasteiger partial charge is 0.251 e. The molecular formula is C38H66N2O6S. The number of benzene rings is 1. The predicted octanol–water partition coefficient (Wildman–Crippen LogP) is 8.41. The van der Waals surface area contributed by atoms with Crippen LogP contribution in [0, 0.1) is 11.8 Å². The van der Waals surface area contributed by atoms with E-state index in [9.17, 15) is 29.7 Å². The van der Waals surface area contributed by atoms with Crippen molar-refractivity contribution >= 4 is 29.4 Å². The number of amides is 2. The van der Waals surface area contributed by atoms with Crippen molar-refractivity contribution in [2.45, 2.75) is 138 Å². The monoisotopic (exact) mass is 678 g/mol. The summed E-state index contributed by atoms with van der Waals surface area (Å²) in [6.07, 6.45) is 13.5. The standard InChI is InChI=1S/C28H40N2O6S.2C4H10.C2H6/c1-4-17(2)25(33)19-14-20(27(29)35)16-21(15-19)28(36)30-23(26(34)24(32)9-6-12-37-3)13-18-7-5-8-22(31)11-10-18;2*1-3-4-2;1-2/h8,10-11,14-18,23-24,26,31-32,34H,4-7,9,12-13H2,1-3H3,(H2,29,35)(H,30,36);2*3-4H2,1-2H3;1-2H3. The number of carbonyl (C=O) groups excluding carboxylic acids is 3. The van der Waals surface area contributed by atoms with Gasteiger partial charge < -0.3 is 26.4 Å². The lowest BCUT2D eigenvalue weighted by Crippen LogP contribution is -2.49. The first kappa shape index (κ1) is 46.5. The fraction of sp³-hybridized carbons (Fsp3) is 0.658. The largest absolute Gasteiger partial charge is 0.508 e. The minimum atomic E-state index is -1.23. The maximum absolute atomic E-state index is 13.4. The number of carbonyl (C=O) groups is 3. The molecule has 0 bridgehead atoms. The van der Waals surface area contributed by atoms with Gasteiger partial charge in [-0.2, -0.15) is 11.8 Å². The molecule has 47 heavy (non-hydrogen) atoms. The zero-order chi connectivity index (χ0) is 36.4. The molecule has 1 aromatic rings. The number of rotatable bonds is 16. The van der Waals surface area contributed by atoms with E-state index in [1.54, 1.807) is 30.8 Å². The summed E-state index contributed by atoms with van der Waals surface area (Å²) in [5, 5.41) is 34.3. The third kappa shape index (κ3) is 19.7. The lowest BCUT2D eigenvalue weighted by Gasteiger charge is -2.30. The van der Waals surface area contributed by atoms with Crippen molar-refractivity contribution in [3.8, 4) is 0 Å². The molecule has 0 aromatic heterocycles. The topological polar surface area (TPSA) is 150 Å². The second-order valence-corrected chi connectivity index (χ2v) is 12.7. The highest BCUT2D eigenvalue weighted by Gasteiger charge is 2.30. The Hall–Kier alpha value is -2.62. The molecule has 0 spiro atoms. The van der Waals surface area contributed by atoms with Crippen LogP contribution in [-0.2, 0) is 0 Å². The summed E-state index contributed by atoms with van der Waals surface area (Å²) < 4.78 is 0. The van der Waals surface area contributed by atoms with Crippen LogP contribution in [-0.4, -0.2) is 63.2 Å². The molecule has 0 saturated heterocycles. The molecular weight excluding hydrogens is 612 g/mol. The van der Waals surface area contributed by atoms with Gasteiger partial charge >= 0.3 is 0 Å². The Morgan fingerprint density at radius 1 is 0.957 bits per heavy atom. The first-order chi connectivity index (χ1) is 22.4. The highest BCUT2D eigenvalue weighted by molar-refractivity contribution is 7.98. The number of aliphatic hydroxyl groups excluding tert-OH is 3. The van der Waals surface area contributed by atoms with Crippen LogP contribution in [0.1, 0.15) is 151 Å². The number of thioether (sulfide) groups is 1. The highest BCUT2D eigenvalue weighted by atomic mass is 32.2. The highest BCUT2D eigenvalue weighted by Crippen LogP contribution is 2.24. The van der Waals surface area contributed by atoms with Gasteiger partial charge in [0, 0.05) is 22.6 Å². The van der Waals surface area contributed by atoms with E-state index in [0.29, 0.717) is 38.5 Å². The van der Waals surface area contributed by atoms with Crippen LogP contribution in [0.25, 0.3) is 0 Å². The van der Waals surface area contributed by atoms with Gasteiger partial charge in [-0.3, -0.25) is 14.4 Å². The average Bonchev–Trinajstić information content (AvgIpc) is 3.30. The van der Waals surface area contributed by atoms with Crippen molar-refractivity contribution in [1.29, 1.82) is 0 Å². The summed E-state index contributed by atoms with van der Waals surface area (Å²) in [7, 11) is 0. The van der Waals surface area contributed by atoms with Gasteiger partial charge in [0.15, 0.2) is 5.78 Å². The average molecular weight is 679 g/mol. The summed E-state index contributed by atoms with van der Waals surface area (Å²) in [5.41, 5.74) is 5.81. The number of hydrogen-bond acceptors (Lipinski definition) is 7.